The molecule has 1 amide bonds. The molecule has 3 heterocycles. The van der Waals surface area contributed by atoms with E-state index < -0.39 is 16.7 Å². The fourth-order valence-corrected chi connectivity index (χ4v) is 3.05. The second-order valence-corrected chi connectivity index (χ2v) is 6.85. The number of hydrogen-bond acceptors (Lipinski definition) is 9. The molecule has 2 aromatic heterocycles. The molecule has 0 bridgehead atoms. The number of hydrogen-bond donors (Lipinski definition) is 2. The van der Waals surface area contributed by atoms with Gasteiger partial charge < -0.3 is 24.7 Å². The van der Waals surface area contributed by atoms with Crippen LogP contribution in [0.25, 0.3) is 0 Å². The van der Waals surface area contributed by atoms with E-state index in [9.17, 15) is 14.9 Å². The van der Waals surface area contributed by atoms with E-state index in [2.05, 4.69) is 25.5 Å². The van der Waals surface area contributed by atoms with Crippen molar-refractivity contribution in [3.63, 3.8) is 0 Å². The summed E-state index contributed by atoms with van der Waals surface area (Å²) in [5.41, 5.74) is 2.13. The smallest absolute Gasteiger partial charge is 0.395 e. The topological polar surface area (TPSA) is 136 Å². The van der Waals surface area contributed by atoms with Crippen LogP contribution in [0.1, 0.15) is 16.2 Å². The van der Waals surface area contributed by atoms with Crippen molar-refractivity contribution >= 4 is 34.9 Å². The fraction of sp³-hybridized carbons (Fsp3) is 0.250. The number of ether oxygens (including phenoxy) is 1. The molecule has 1 saturated heterocycles. The van der Waals surface area contributed by atoms with Crippen LogP contribution in [0.4, 0.5) is 29.0 Å². The van der Waals surface area contributed by atoms with Crippen molar-refractivity contribution in [2.75, 3.05) is 41.8 Å². The Morgan fingerprint density at radius 1 is 1.10 bits per heavy atom. The molecule has 1 aliphatic heterocycles. The molecule has 2 N–H and O–H groups in total. The second kappa shape index (κ2) is 8.79. The van der Waals surface area contributed by atoms with Gasteiger partial charge in [-0.05, 0) is 37.3 Å². The van der Waals surface area contributed by atoms with Crippen LogP contribution in [0.2, 0.25) is 0 Å². The zero-order valence-electron chi connectivity index (χ0n) is 16.7. The third kappa shape index (κ3) is 4.95. The van der Waals surface area contributed by atoms with Crippen molar-refractivity contribution in [1.29, 1.82) is 0 Å². The van der Waals surface area contributed by atoms with Gasteiger partial charge in [0.15, 0.2) is 5.76 Å². The number of aryl methyl sites for hydroxylation is 1. The number of nitrogens with zero attached hydrogens (tertiary/aromatic N) is 4. The minimum Gasteiger partial charge on any atom is -0.395 e. The molecule has 0 spiro atoms. The molecule has 160 valence electrons. The Hall–Kier alpha value is -3.99. The highest BCUT2D eigenvalue weighted by Crippen LogP contribution is 2.22. The molecule has 0 saturated carbocycles. The molecule has 0 unspecified atom stereocenters. The number of anilines is 4. The van der Waals surface area contributed by atoms with Gasteiger partial charge in [0, 0.05) is 36.2 Å². The van der Waals surface area contributed by atoms with Gasteiger partial charge in [-0.25, -0.2) is 4.98 Å². The van der Waals surface area contributed by atoms with E-state index >= 15 is 0 Å². The predicted octanol–water partition coefficient (Wildman–Crippen LogP) is 3.12. The first-order valence-electron chi connectivity index (χ1n) is 9.59. The van der Waals surface area contributed by atoms with E-state index in [1.807, 2.05) is 13.0 Å². The summed E-state index contributed by atoms with van der Waals surface area (Å²) < 4.78 is 10.3. The number of furan rings is 1. The Kier molecular flexibility index (Phi) is 5.76. The fourth-order valence-electron chi connectivity index (χ4n) is 3.05. The second-order valence-electron chi connectivity index (χ2n) is 6.85. The molecule has 3 aromatic rings. The average molecular weight is 424 g/mol. The number of amides is 1. The van der Waals surface area contributed by atoms with Crippen molar-refractivity contribution in [2.24, 2.45) is 0 Å². The lowest BCUT2D eigenvalue weighted by molar-refractivity contribution is -0.402. The van der Waals surface area contributed by atoms with Crippen LogP contribution in [0, 0.1) is 17.0 Å². The first-order chi connectivity index (χ1) is 15.0. The molecule has 0 atom stereocenters. The highest BCUT2D eigenvalue weighted by molar-refractivity contribution is 6.02. The molecule has 0 radical (unpaired) electrons. The maximum atomic E-state index is 12.2. The molecule has 1 aliphatic rings. The number of rotatable bonds is 6. The van der Waals surface area contributed by atoms with Crippen LogP contribution in [0.15, 0.2) is 46.9 Å². The summed E-state index contributed by atoms with van der Waals surface area (Å²) in [6, 6.07) is 11.2. The largest absolute Gasteiger partial charge is 0.433 e. The Morgan fingerprint density at radius 2 is 1.81 bits per heavy atom. The van der Waals surface area contributed by atoms with Gasteiger partial charge in [-0.3, -0.25) is 14.9 Å². The molecule has 1 fully saturated rings. The van der Waals surface area contributed by atoms with Crippen molar-refractivity contribution in [1.82, 2.24) is 9.97 Å². The highest BCUT2D eigenvalue weighted by Gasteiger charge is 2.18. The Balaban J connectivity index is 1.42. The van der Waals surface area contributed by atoms with Gasteiger partial charge in [0.2, 0.25) is 5.95 Å². The first kappa shape index (κ1) is 20.3. The number of aromatic nitrogens is 2. The van der Waals surface area contributed by atoms with Crippen LogP contribution in [0.3, 0.4) is 0 Å². The van der Waals surface area contributed by atoms with Crippen molar-refractivity contribution in [3.05, 3.63) is 64.0 Å². The normalized spacial score (nSPS) is 13.6. The number of carbonyl (C=O) groups excluding carboxylic acids is 1. The highest BCUT2D eigenvalue weighted by atomic mass is 16.6. The van der Waals surface area contributed by atoms with Crippen LogP contribution in [0.5, 0.6) is 0 Å². The molecule has 11 heteroatoms. The molecule has 0 aliphatic carbocycles. The van der Waals surface area contributed by atoms with E-state index in [-0.39, 0.29) is 5.76 Å². The summed E-state index contributed by atoms with van der Waals surface area (Å²) in [7, 11) is 0. The minimum absolute atomic E-state index is 0.138. The lowest BCUT2D eigenvalue weighted by atomic mass is 10.2. The maximum absolute atomic E-state index is 12.2. The van der Waals surface area contributed by atoms with E-state index in [4.69, 9.17) is 9.15 Å². The molecular formula is C20H20N6O5. The molecule has 4 rings (SSSR count). The predicted molar refractivity (Wildman–Crippen MR) is 113 cm³/mol. The van der Waals surface area contributed by atoms with Gasteiger partial charge in [-0.1, -0.05) is 0 Å². The summed E-state index contributed by atoms with van der Waals surface area (Å²) in [6.45, 7) is 4.71. The van der Waals surface area contributed by atoms with Crippen LogP contribution >= 0.6 is 0 Å². The third-order valence-corrected chi connectivity index (χ3v) is 4.55. The number of carbonyl (C=O) groups is 1. The maximum Gasteiger partial charge on any atom is 0.433 e. The van der Waals surface area contributed by atoms with E-state index in [1.165, 1.54) is 6.07 Å². The Labute approximate surface area is 177 Å². The van der Waals surface area contributed by atoms with Gasteiger partial charge in [-0.2, -0.15) is 4.98 Å². The van der Waals surface area contributed by atoms with Crippen LogP contribution < -0.4 is 15.5 Å². The van der Waals surface area contributed by atoms with E-state index in [0.29, 0.717) is 30.7 Å². The van der Waals surface area contributed by atoms with Gasteiger partial charge in [0.05, 0.1) is 19.3 Å². The minimum atomic E-state index is -0.698. The Morgan fingerprint density at radius 3 is 2.48 bits per heavy atom. The number of nitrogens with one attached hydrogen (secondary N) is 2. The number of benzene rings is 1. The summed E-state index contributed by atoms with van der Waals surface area (Å²) in [4.78, 5) is 33.3. The zero-order chi connectivity index (χ0) is 21.8. The third-order valence-electron chi connectivity index (χ3n) is 4.55. The Bertz CT molecular complexity index is 1090. The quantitative estimate of drug-likeness (QED) is 0.452. The summed E-state index contributed by atoms with van der Waals surface area (Å²) in [5, 5.41) is 16.5. The molecule has 31 heavy (non-hydrogen) atoms. The van der Waals surface area contributed by atoms with Crippen molar-refractivity contribution < 1.29 is 18.9 Å². The lowest BCUT2D eigenvalue weighted by Crippen LogP contribution is -2.37. The summed E-state index contributed by atoms with van der Waals surface area (Å²) >= 11 is 0. The summed E-state index contributed by atoms with van der Waals surface area (Å²) in [5.74, 6) is 0.119. The lowest BCUT2D eigenvalue weighted by Gasteiger charge is -2.27. The van der Waals surface area contributed by atoms with E-state index in [0.717, 1.165) is 30.5 Å². The van der Waals surface area contributed by atoms with Crippen molar-refractivity contribution in [3.8, 4) is 0 Å². The standard InChI is InChI=1S/C20H20N6O5/c1-13-12-17(24-20(21-13)25-8-10-30-11-9-25)22-14-2-4-15(5-3-14)23-19(27)16-6-7-18(31-16)26(28)29/h2-7,12H,8-11H2,1H3,(H,23,27)(H,21,22,24). The van der Waals surface area contributed by atoms with Gasteiger partial charge in [-0.15, -0.1) is 0 Å². The van der Waals surface area contributed by atoms with Gasteiger partial charge in [0.25, 0.3) is 5.91 Å². The SMILES string of the molecule is Cc1cc(Nc2ccc(NC(=O)c3ccc([N+](=O)[O-])o3)cc2)nc(N2CCOCC2)n1. The van der Waals surface area contributed by atoms with Gasteiger partial charge >= 0.3 is 5.88 Å². The first-order valence-corrected chi connectivity index (χ1v) is 9.59. The van der Waals surface area contributed by atoms with Gasteiger partial charge in [0.1, 0.15) is 10.7 Å². The van der Waals surface area contributed by atoms with Crippen LogP contribution in [-0.2, 0) is 4.74 Å². The van der Waals surface area contributed by atoms with Crippen LogP contribution in [-0.4, -0.2) is 47.1 Å². The monoisotopic (exact) mass is 424 g/mol. The summed E-state index contributed by atoms with van der Waals surface area (Å²) in [6.07, 6.45) is 0. The number of nitro groups is 1. The van der Waals surface area contributed by atoms with E-state index in [1.54, 1.807) is 24.3 Å². The zero-order valence-corrected chi connectivity index (χ0v) is 16.7. The number of morpholine rings is 1. The molecule has 11 nitrogen and oxygen atoms in total. The van der Waals surface area contributed by atoms with Crippen molar-refractivity contribution in [2.45, 2.75) is 6.92 Å². The average Bonchev–Trinajstić information content (AvgIpc) is 3.26. The molecular weight excluding hydrogens is 404 g/mol. The molecule has 1 aromatic carbocycles.